The normalized spacial score (nSPS) is 13.8. The lowest BCUT2D eigenvalue weighted by Crippen LogP contribution is -2.35. The minimum Gasteiger partial charge on any atom is -0.465 e. The Balaban J connectivity index is 2.46. The predicted octanol–water partition coefficient (Wildman–Crippen LogP) is 16.1. The van der Waals surface area contributed by atoms with E-state index in [4.69, 9.17) is 28.4 Å². The van der Waals surface area contributed by atoms with E-state index in [1.807, 2.05) is 6.07 Å². The molecule has 4 atom stereocenters. The monoisotopic (exact) mass is 931 g/mol. The third-order valence-electron chi connectivity index (χ3n) is 13.4. The molecule has 0 spiro atoms. The van der Waals surface area contributed by atoms with Crippen molar-refractivity contribution in [2.24, 2.45) is 11.8 Å². The Kier molecular flexibility index (Phi) is 40.5. The molecule has 0 radical (unpaired) electrons. The molecule has 0 N–H and O–H groups in total. The van der Waals surface area contributed by atoms with E-state index in [2.05, 4.69) is 79.7 Å². The van der Waals surface area contributed by atoms with Gasteiger partial charge < -0.3 is 28.4 Å². The highest BCUT2D eigenvalue weighted by Crippen LogP contribution is 2.24. The molecule has 0 aliphatic heterocycles. The highest BCUT2D eigenvalue weighted by Gasteiger charge is 2.26. The first-order valence-electron chi connectivity index (χ1n) is 27.9. The second-order valence-corrected chi connectivity index (χ2v) is 20.3. The lowest BCUT2D eigenvalue weighted by molar-refractivity contribution is -0.146. The zero-order valence-corrected chi connectivity index (χ0v) is 44.5. The van der Waals surface area contributed by atoms with E-state index >= 15 is 0 Å². The summed E-state index contributed by atoms with van der Waals surface area (Å²) in [5.74, 6) is 1.27. The molecule has 0 amide bonds. The molecule has 1 rings (SSSR count). The van der Waals surface area contributed by atoms with Crippen LogP contribution in [-0.4, -0.2) is 76.0 Å². The van der Waals surface area contributed by atoms with Crippen molar-refractivity contribution in [2.75, 3.05) is 46.2 Å². The lowest BCUT2D eigenvalue weighted by atomic mass is 9.96. The predicted molar refractivity (Wildman–Crippen MR) is 276 cm³/mol. The Morgan fingerprint density at radius 3 is 1.53 bits per heavy atom. The number of benzene rings is 1. The van der Waals surface area contributed by atoms with Crippen LogP contribution < -0.4 is 0 Å². The largest absolute Gasteiger partial charge is 0.465 e. The number of carbonyl (C=O) groups excluding carboxylic acids is 2. The fraction of sp³-hybridized carbons (Fsp3) is 0.862. The Morgan fingerprint density at radius 1 is 0.500 bits per heavy atom. The number of rotatable bonds is 48. The van der Waals surface area contributed by atoms with Gasteiger partial charge in [0.25, 0.3) is 0 Å². The molecule has 0 aromatic heterocycles. The number of esters is 2. The molecule has 386 valence electrons. The van der Waals surface area contributed by atoms with Gasteiger partial charge in [0, 0.05) is 38.4 Å². The number of hydrogen-bond donors (Lipinski definition) is 0. The lowest BCUT2D eigenvalue weighted by Gasteiger charge is -2.30. The summed E-state index contributed by atoms with van der Waals surface area (Å²) in [5, 5.41) is 0. The van der Waals surface area contributed by atoms with E-state index in [0.29, 0.717) is 76.8 Å². The SMILES string of the molecule is CCCCCCC(CCCC)COC(=O)CCCCCCCOCC(CC(C)(C)OCCOC(C)C(C)c1ccccc1)OCCCCCCCC(=O)OCC(CCCCC)CCCCC. The van der Waals surface area contributed by atoms with Crippen LogP contribution in [0, 0.1) is 11.8 Å². The van der Waals surface area contributed by atoms with E-state index in [1.54, 1.807) is 0 Å². The Hall–Kier alpha value is -2.00. The van der Waals surface area contributed by atoms with Crippen LogP contribution in [0.5, 0.6) is 0 Å². The second kappa shape index (κ2) is 43.1. The van der Waals surface area contributed by atoms with Gasteiger partial charge in [-0.1, -0.05) is 181 Å². The molecule has 1 aromatic rings. The first kappa shape index (κ1) is 62.0. The summed E-state index contributed by atoms with van der Waals surface area (Å²) in [7, 11) is 0. The van der Waals surface area contributed by atoms with Crippen molar-refractivity contribution in [3.8, 4) is 0 Å². The smallest absolute Gasteiger partial charge is 0.305 e. The van der Waals surface area contributed by atoms with Crippen LogP contribution >= 0.6 is 0 Å². The summed E-state index contributed by atoms with van der Waals surface area (Å²) in [6, 6.07) is 10.5. The standard InChI is InChI=1S/C58H106O8/c1-9-13-17-27-37-52(34-16-12-4)47-64-56(59)40-30-20-18-22-32-42-61-49-55(46-58(7,8)66-45-44-62-51(6)50(5)54-38-28-24-29-39-54)63-43-33-23-19-21-31-41-57(60)65-48-53(35-25-14-10-2)36-26-15-11-3/h24,28-29,38-39,50-53,55H,9-23,25-27,30-37,40-49H2,1-8H3. The van der Waals surface area contributed by atoms with Crippen LogP contribution in [0.1, 0.15) is 253 Å². The third-order valence-corrected chi connectivity index (χ3v) is 13.4. The molecule has 0 heterocycles. The molecule has 8 nitrogen and oxygen atoms in total. The van der Waals surface area contributed by atoms with Crippen molar-refractivity contribution >= 4 is 11.9 Å². The quantitative estimate of drug-likeness (QED) is 0.0472. The van der Waals surface area contributed by atoms with Gasteiger partial charge in [-0.3, -0.25) is 9.59 Å². The minimum absolute atomic E-state index is 0.0299. The van der Waals surface area contributed by atoms with E-state index in [-0.39, 0.29) is 24.1 Å². The van der Waals surface area contributed by atoms with Gasteiger partial charge >= 0.3 is 11.9 Å². The van der Waals surface area contributed by atoms with Gasteiger partial charge in [-0.2, -0.15) is 0 Å². The highest BCUT2D eigenvalue weighted by molar-refractivity contribution is 5.69. The molecular formula is C58H106O8. The Morgan fingerprint density at radius 2 is 0.970 bits per heavy atom. The maximum atomic E-state index is 12.5. The third kappa shape index (κ3) is 36.0. The summed E-state index contributed by atoms with van der Waals surface area (Å²) in [6.45, 7) is 21.8. The van der Waals surface area contributed by atoms with Crippen LogP contribution in [0.15, 0.2) is 30.3 Å². The van der Waals surface area contributed by atoms with Crippen molar-refractivity contribution in [3.63, 3.8) is 0 Å². The maximum absolute atomic E-state index is 12.5. The van der Waals surface area contributed by atoms with E-state index in [0.717, 1.165) is 70.6 Å². The zero-order valence-electron chi connectivity index (χ0n) is 44.5. The first-order valence-corrected chi connectivity index (χ1v) is 27.9. The van der Waals surface area contributed by atoms with Crippen molar-refractivity contribution in [1.29, 1.82) is 0 Å². The van der Waals surface area contributed by atoms with Crippen LogP contribution in [0.2, 0.25) is 0 Å². The Bertz CT molecular complexity index is 1210. The van der Waals surface area contributed by atoms with Crippen molar-refractivity contribution in [2.45, 2.75) is 265 Å². The molecule has 0 aliphatic carbocycles. The molecule has 0 saturated carbocycles. The van der Waals surface area contributed by atoms with E-state index in [1.165, 1.54) is 108 Å². The molecule has 0 fully saturated rings. The van der Waals surface area contributed by atoms with Gasteiger partial charge in [-0.05, 0) is 89.5 Å². The number of ether oxygens (including phenoxy) is 6. The first-order chi connectivity index (χ1) is 32.0. The summed E-state index contributed by atoms with van der Waals surface area (Å²) < 4.78 is 36.8. The molecule has 1 aromatic carbocycles. The van der Waals surface area contributed by atoms with Crippen LogP contribution in [-0.2, 0) is 38.0 Å². The second-order valence-electron chi connectivity index (χ2n) is 20.3. The number of carbonyl (C=O) groups is 2. The number of unbranched alkanes of at least 4 members (excludes halogenated alkanes) is 16. The fourth-order valence-corrected chi connectivity index (χ4v) is 8.77. The molecule has 8 heteroatoms. The van der Waals surface area contributed by atoms with Gasteiger partial charge in [0.1, 0.15) is 0 Å². The Labute approximate surface area is 407 Å². The van der Waals surface area contributed by atoms with Crippen LogP contribution in [0.3, 0.4) is 0 Å². The van der Waals surface area contributed by atoms with Gasteiger partial charge in [-0.25, -0.2) is 0 Å². The molecule has 0 aliphatic rings. The molecular weight excluding hydrogens is 825 g/mol. The minimum atomic E-state index is -0.391. The van der Waals surface area contributed by atoms with Crippen LogP contribution in [0.25, 0.3) is 0 Å². The summed E-state index contributed by atoms with van der Waals surface area (Å²) >= 11 is 0. The summed E-state index contributed by atoms with van der Waals surface area (Å²) in [5.41, 5.74) is 0.893. The average molecular weight is 931 g/mol. The maximum Gasteiger partial charge on any atom is 0.305 e. The summed E-state index contributed by atoms with van der Waals surface area (Å²) in [6.07, 6.45) is 31.6. The van der Waals surface area contributed by atoms with E-state index in [9.17, 15) is 9.59 Å². The zero-order chi connectivity index (χ0) is 48.4. The molecule has 0 saturated heterocycles. The van der Waals surface area contributed by atoms with Crippen LogP contribution in [0.4, 0.5) is 0 Å². The molecule has 4 unspecified atom stereocenters. The van der Waals surface area contributed by atoms with Gasteiger partial charge in [-0.15, -0.1) is 0 Å². The number of hydrogen-bond acceptors (Lipinski definition) is 8. The van der Waals surface area contributed by atoms with Gasteiger partial charge in [0.2, 0.25) is 0 Å². The summed E-state index contributed by atoms with van der Waals surface area (Å²) in [4.78, 5) is 25.0. The highest BCUT2D eigenvalue weighted by atomic mass is 16.6. The molecule has 0 bridgehead atoms. The topological polar surface area (TPSA) is 89.5 Å². The molecule has 66 heavy (non-hydrogen) atoms. The van der Waals surface area contributed by atoms with Crippen molar-refractivity contribution in [1.82, 2.24) is 0 Å². The fourth-order valence-electron chi connectivity index (χ4n) is 8.77. The van der Waals surface area contributed by atoms with E-state index < -0.39 is 5.60 Å². The van der Waals surface area contributed by atoms with Gasteiger partial charge in [0.05, 0.1) is 50.8 Å². The van der Waals surface area contributed by atoms with Gasteiger partial charge in [0.15, 0.2) is 0 Å². The average Bonchev–Trinajstić information content (AvgIpc) is 3.31. The van der Waals surface area contributed by atoms with Crippen molar-refractivity contribution in [3.05, 3.63) is 35.9 Å². The van der Waals surface area contributed by atoms with Crippen molar-refractivity contribution < 1.29 is 38.0 Å².